The molecule has 0 aliphatic carbocycles. The van der Waals surface area contributed by atoms with Gasteiger partial charge in [0.05, 0.1) is 4.88 Å². The van der Waals surface area contributed by atoms with Gasteiger partial charge in [-0.15, -0.1) is 22.9 Å². The molecule has 0 aliphatic heterocycles. The normalized spacial score (nSPS) is 12.9. The van der Waals surface area contributed by atoms with E-state index in [0.717, 1.165) is 9.75 Å². The Labute approximate surface area is 99.6 Å². The molecule has 1 amide bonds. The first kappa shape index (κ1) is 12.5. The number of hydrogen-bond donors (Lipinski definition) is 1. The first-order valence-corrected chi connectivity index (χ1v) is 6.33. The van der Waals surface area contributed by atoms with E-state index < -0.39 is 0 Å². The first-order valence-electron chi connectivity index (χ1n) is 4.98. The lowest BCUT2D eigenvalue weighted by atomic mass is 10.1. The largest absolute Gasteiger partial charge is 0.347 e. The molecule has 1 aromatic heterocycles. The van der Waals surface area contributed by atoms with Crippen LogP contribution in [0.25, 0.3) is 0 Å². The Hall–Kier alpha value is -0.540. The summed E-state index contributed by atoms with van der Waals surface area (Å²) in [4.78, 5) is 13.7. The van der Waals surface area contributed by atoms with Gasteiger partial charge in [-0.3, -0.25) is 4.79 Å². The van der Waals surface area contributed by atoms with Gasteiger partial charge in [0.1, 0.15) is 0 Å². The molecular weight excluding hydrogens is 230 g/mol. The van der Waals surface area contributed by atoms with Crippen LogP contribution in [0, 0.1) is 12.8 Å². The number of amides is 1. The van der Waals surface area contributed by atoms with Crippen molar-refractivity contribution in [1.82, 2.24) is 5.32 Å². The zero-order valence-electron chi connectivity index (χ0n) is 9.21. The van der Waals surface area contributed by atoms with E-state index in [1.54, 1.807) is 0 Å². The predicted octanol–water partition coefficient (Wildman–Crippen LogP) is 3.05. The molecule has 0 bridgehead atoms. The van der Waals surface area contributed by atoms with Crippen LogP contribution in [0.3, 0.4) is 0 Å². The van der Waals surface area contributed by atoms with E-state index in [4.69, 9.17) is 11.6 Å². The molecule has 0 aliphatic rings. The molecule has 0 aromatic carbocycles. The molecule has 15 heavy (non-hydrogen) atoms. The van der Waals surface area contributed by atoms with Crippen LogP contribution in [0.15, 0.2) is 12.1 Å². The maximum absolute atomic E-state index is 11.8. The average Bonchev–Trinajstić information content (AvgIpc) is 2.60. The predicted molar refractivity (Wildman–Crippen MR) is 65.9 cm³/mol. The lowest BCUT2D eigenvalue weighted by Gasteiger charge is -2.19. The fourth-order valence-corrected chi connectivity index (χ4v) is 2.38. The summed E-state index contributed by atoms with van der Waals surface area (Å²) in [6.45, 7) is 6.09. The zero-order chi connectivity index (χ0) is 11.4. The van der Waals surface area contributed by atoms with Gasteiger partial charge in [0.15, 0.2) is 0 Å². The molecule has 1 rings (SSSR count). The number of alkyl halides is 1. The molecule has 1 heterocycles. The van der Waals surface area contributed by atoms with E-state index in [1.165, 1.54) is 11.3 Å². The third-order valence-electron chi connectivity index (χ3n) is 2.25. The number of halogens is 1. The van der Waals surface area contributed by atoms with Crippen molar-refractivity contribution < 1.29 is 4.79 Å². The van der Waals surface area contributed by atoms with Gasteiger partial charge in [-0.2, -0.15) is 0 Å². The highest BCUT2D eigenvalue weighted by atomic mass is 35.5. The minimum atomic E-state index is -0.0209. The summed E-state index contributed by atoms with van der Waals surface area (Å²) < 4.78 is 0. The second-order valence-corrected chi connectivity index (χ2v) is 5.49. The van der Waals surface area contributed by atoms with Gasteiger partial charge in [-0.05, 0) is 25.0 Å². The van der Waals surface area contributed by atoms with Crippen LogP contribution < -0.4 is 5.32 Å². The first-order chi connectivity index (χ1) is 7.04. The summed E-state index contributed by atoms with van der Waals surface area (Å²) in [5.41, 5.74) is 0. The zero-order valence-corrected chi connectivity index (χ0v) is 10.8. The summed E-state index contributed by atoms with van der Waals surface area (Å²) in [5, 5.41) is 2.94. The molecule has 84 valence electrons. The SMILES string of the molecule is Cc1ccc(C(=O)NC(CCl)C(C)C)s1. The smallest absolute Gasteiger partial charge is 0.261 e. The molecule has 1 unspecified atom stereocenters. The lowest BCUT2D eigenvalue weighted by molar-refractivity contribution is 0.0935. The summed E-state index contributed by atoms with van der Waals surface area (Å²) in [6, 6.07) is 3.84. The van der Waals surface area contributed by atoms with Gasteiger partial charge in [-0.25, -0.2) is 0 Å². The highest BCUT2D eigenvalue weighted by Crippen LogP contribution is 2.15. The van der Waals surface area contributed by atoms with Crippen LogP contribution in [0.1, 0.15) is 28.4 Å². The van der Waals surface area contributed by atoms with E-state index in [1.807, 2.05) is 32.9 Å². The average molecular weight is 246 g/mol. The molecule has 2 nitrogen and oxygen atoms in total. The van der Waals surface area contributed by atoms with Gasteiger partial charge in [0.25, 0.3) is 5.91 Å². The quantitative estimate of drug-likeness (QED) is 0.812. The van der Waals surface area contributed by atoms with E-state index >= 15 is 0 Å². The molecule has 0 spiro atoms. The molecule has 1 atom stereocenters. The Morgan fingerprint density at radius 2 is 2.20 bits per heavy atom. The number of carbonyl (C=O) groups excluding carboxylic acids is 1. The number of thiophene rings is 1. The standard InChI is InChI=1S/C11H16ClNOS/c1-7(2)9(6-12)13-11(14)10-5-4-8(3)15-10/h4-5,7,9H,6H2,1-3H3,(H,13,14). The van der Waals surface area contributed by atoms with Crippen LogP contribution >= 0.6 is 22.9 Å². The van der Waals surface area contributed by atoms with Crippen LogP contribution in [0.4, 0.5) is 0 Å². The van der Waals surface area contributed by atoms with Crippen molar-refractivity contribution in [2.45, 2.75) is 26.8 Å². The number of aryl methyl sites for hydroxylation is 1. The number of hydrogen-bond acceptors (Lipinski definition) is 2. The molecule has 0 saturated heterocycles. The summed E-state index contributed by atoms with van der Waals surface area (Å²) in [7, 11) is 0. The van der Waals surface area contributed by atoms with E-state index in [0.29, 0.717) is 11.8 Å². The molecule has 1 N–H and O–H groups in total. The van der Waals surface area contributed by atoms with Crippen molar-refractivity contribution in [3.63, 3.8) is 0 Å². The summed E-state index contributed by atoms with van der Waals surface area (Å²) in [6.07, 6.45) is 0. The Bertz CT molecular complexity index is 335. The minimum absolute atomic E-state index is 0.0209. The molecule has 0 radical (unpaired) electrons. The molecule has 1 aromatic rings. The van der Waals surface area contributed by atoms with Crippen molar-refractivity contribution >= 4 is 28.8 Å². The van der Waals surface area contributed by atoms with Gasteiger partial charge in [0.2, 0.25) is 0 Å². The second-order valence-electron chi connectivity index (χ2n) is 3.89. The number of nitrogens with one attached hydrogen (secondary N) is 1. The van der Waals surface area contributed by atoms with Gasteiger partial charge in [0, 0.05) is 16.8 Å². The maximum Gasteiger partial charge on any atom is 0.261 e. The second kappa shape index (κ2) is 5.52. The fourth-order valence-electron chi connectivity index (χ4n) is 1.18. The summed E-state index contributed by atoms with van der Waals surface area (Å²) >= 11 is 7.29. The van der Waals surface area contributed by atoms with Crippen molar-refractivity contribution in [3.8, 4) is 0 Å². The van der Waals surface area contributed by atoms with E-state index in [9.17, 15) is 4.79 Å². The van der Waals surface area contributed by atoms with E-state index in [2.05, 4.69) is 5.32 Å². The number of rotatable bonds is 4. The van der Waals surface area contributed by atoms with Crippen molar-refractivity contribution in [2.24, 2.45) is 5.92 Å². The minimum Gasteiger partial charge on any atom is -0.347 e. The van der Waals surface area contributed by atoms with E-state index in [-0.39, 0.29) is 11.9 Å². The van der Waals surface area contributed by atoms with Gasteiger partial charge in [-0.1, -0.05) is 13.8 Å². The van der Waals surface area contributed by atoms with Gasteiger partial charge < -0.3 is 5.32 Å². The highest BCUT2D eigenvalue weighted by molar-refractivity contribution is 7.13. The Morgan fingerprint density at radius 3 is 2.60 bits per heavy atom. The maximum atomic E-state index is 11.8. The molecule has 0 saturated carbocycles. The fraction of sp³-hybridized carbons (Fsp3) is 0.545. The highest BCUT2D eigenvalue weighted by Gasteiger charge is 2.16. The van der Waals surface area contributed by atoms with Crippen LogP contribution in [0.2, 0.25) is 0 Å². The summed E-state index contributed by atoms with van der Waals surface area (Å²) in [5.74, 6) is 0.785. The Morgan fingerprint density at radius 1 is 1.53 bits per heavy atom. The van der Waals surface area contributed by atoms with Crippen LogP contribution in [0.5, 0.6) is 0 Å². The monoisotopic (exact) mass is 245 g/mol. The van der Waals surface area contributed by atoms with Crippen molar-refractivity contribution in [1.29, 1.82) is 0 Å². The van der Waals surface area contributed by atoms with Gasteiger partial charge >= 0.3 is 0 Å². The molecule has 0 fully saturated rings. The van der Waals surface area contributed by atoms with Crippen LogP contribution in [-0.2, 0) is 0 Å². The molecular formula is C11H16ClNOS. The Balaban J connectivity index is 2.62. The van der Waals surface area contributed by atoms with Crippen molar-refractivity contribution in [2.75, 3.05) is 5.88 Å². The number of carbonyl (C=O) groups is 1. The Kier molecular flexibility index (Phi) is 4.61. The van der Waals surface area contributed by atoms with Crippen molar-refractivity contribution in [3.05, 3.63) is 21.9 Å². The molecule has 4 heteroatoms. The topological polar surface area (TPSA) is 29.1 Å². The van der Waals surface area contributed by atoms with Crippen LogP contribution in [-0.4, -0.2) is 17.8 Å². The third kappa shape index (κ3) is 3.50. The lowest BCUT2D eigenvalue weighted by Crippen LogP contribution is -2.39. The third-order valence-corrected chi connectivity index (χ3v) is 3.58.